The molecule has 0 bridgehead atoms. The Labute approximate surface area is 124 Å². The van der Waals surface area contributed by atoms with Crippen molar-refractivity contribution < 1.29 is 14.7 Å². The molecule has 2 atom stereocenters. The summed E-state index contributed by atoms with van der Waals surface area (Å²) in [6.07, 6.45) is 4.25. The SMILES string of the molecule is Cc1ccc(NC(=O)NC2CCCCCC2C(=O)O)cc1. The molecule has 1 aliphatic carbocycles. The van der Waals surface area contributed by atoms with Crippen LogP contribution in [0.3, 0.4) is 0 Å². The number of carbonyl (C=O) groups excluding carboxylic acids is 1. The van der Waals surface area contributed by atoms with Crippen molar-refractivity contribution >= 4 is 17.7 Å². The van der Waals surface area contributed by atoms with Crippen LogP contribution in [0.4, 0.5) is 10.5 Å². The molecule has 1 aromatic rings. The van der Waals surface area contributed by atoms with Crippen LogP contribution in [-0.2, 0) is 4.79 Å². The average Bonchev–Trinajstić information content (AvgIpc) is 2.67. The Morgan fingerprint density at radius 1 is 1.10 bits per heavy atom. The van der Waals surface area contributed by atoms with Gasteiger partial charge >= 0.3 is 12.0 Å². The van der Waals surface area contributed by atoms with Gasteiger partial charge in [-0.3, -0.25) is 4.79 Å². The minimum atomic E-state index is -0.822. The highest BCUT2D eigenvalue weighted by Crippen LogP contribution is 2.24. The maximum Gasteiger partial charge on any atom is 0.319 e. The molecule has 0 spiro atoms. The number of aliphatic carboxylic acids is 1. The summed E-state index contributed by atoms with van der Waals surface area (Å²) in [5.41, 5.74) is 1.83. The van der Waals surface area contributed by atoms with Crippen LogP contribution in [0.5, 0.6) is 0 Å². The van der Waals surface area contributed by atoms with Crippen LogP contribution in [0.25, 0.3) is 0 Å². The molecule has 114 valence electrons. The number of carbonyl (C=O) groups is 2. The van der Waals surface area contributed by atoms with Gasteiger partial charge in [-0.05, 0) is 31.9 Å². The molecule has 2 rings (SSSR count). The van der Waals surface area contributed by atoms with Crippen molar-refractivity contribution in [2.24, 2.45) is 5.92 Å². The lowest BCUT2D eigenvalue weighted by molar-refractivity contribution is -0.142. The van der Waals surface area contributed by atoms with Crippen LogP contribution in [0.2, 0.25) is 0 Å². The van der Waals surface area contributed by atoms with Crippen LogP contribution in [0.15, 0.2) is 24.3 Å². The summed E-state index contributed by atoms with van der Waals surface area (Å²) in [6.45, 7) is 1.98. The summed E-state index contributed by atoms with van der Waals surface area (Å²) in [7, 11) is 0. The van der Waals surface area contributed by atoms with Crippen molar-refractivity contribution in [2.45, 2.75) is 45.1 Å². The lowest BCUT2D eigenvalue weighted by Gasteiger charge is -2.23. The number of amides is 2. The Hall–Kier alpha value is -2.04. The van der Waals surface area contributed by atoms with Crippen LogP contribution >= 0.6 is 0 Å². The number of benzene rings is 1. The molecule has 0 aliphatic heterocycles. The summed E-state index contributed by atoms with van der Waals surface area (Å²) >= 11 is 0. The molecule has 1 aliphatic rings. The second kappa shape index (κ2) is 7.11. The Morgan fingerprint density at radius 2 is 1.76 bits per heavy atom. The second-order valence-corrected chi connectivity index (χ2v) is 5.65. The molecule has 0 saturated heterocycles. The van der Waals surface area contributed by atoms with Gasteiger partial charge in [-0.1, -0.05) is 37.0 Å². The number of urea groups is 1. The van der Waals surface area contributed by atoms with Crippen molar-refractivity contribution in [1.29, 1.82) is 0 Å². The van der Waals surface area contributed by atoms with Gasteiger partial charge < -0.3 is 15.7 Å². The first-order valence-electron chi connectivity index (χ1n) is 7.43. The third-order valence-corrected chi connectivity index (χ3v) is 3.96. The van der Waals surface area contributed by atoms with E-state index in [0.29, 0.717) is 12.1 Å². The average molecular weight is 290 g/mol. The van der Waals surface area contributed by atoms with Gasteiger partial charge in [0.25, 0.3) is 0 Å². The maximum absolute atomic E-state index is 12.0. The second-order valence-electron chi connectivity index (χ2n) is 5.65. The van der Waals surface area contributed by atoms with Crippen molar-refractivity contribution in [1.82, 2.24) is 5.32 Å². The van der Waals surface area contributed by atoms with Crippen molar-refractivity contribution in [3.8, 4) is 0 Å². The molecular formula is C16H22N2O3. The van der Waals surface area contributed by atoms with E-state index in [1.807, 2.05) is 31.2 Å². The fourth-order valence-electron chi connectivity index (χ4n) is 2.75. The molecule has 3 N–H and O–H groups in total. The van der Waals surface area contributed by atoms with Gasteiger partial charge in [0.05, 0.1) is 5.92 Å². The highest BCUT2D eigenvalue weighted by Gasteiger charge is 2.30. The number of carboxylic acid groups (broad SMARTS) is 1. The van der Waals surface area contributed by atoms with Gasteiger partial charge in [0.1, 0.15) is 0 Å². The Balaban J connectivity index is 1.96. The lowest BCUT2D eigenvalue weighted by Crippen LogP contribution is -2.44. The molecule has 1 aromatic carbocycles. The smallest absolute Gasteiger partial charge is 0.319 e. The number of hydrogen-bond donors (Lipinski definition) is 3. The van der Waals surface area contributed by atoms with Crippen LogP contribution in [0.1, 0.15) is 37.7 Å². The molecule has 5 nitrogen and oxygen atoms in total. The number of carboxylic acids is 1. The van der Waals surface area contributed by atoms with Gasteiger partial charge in [-0.2, -0.15) is 0 Å². The zero-order valence-corrected chi connectivity index (χ0v) is 12.3. The first-order valence-corrected chi connectivity index (χ1v) is 7.43. The monoisotopic (exact) mass is 290 g/mol. The third kappa shape index (κ3) is 4.48. The molecule has 1 saturated carbocycles. The first-order chi connectivity index (χ1) is 10.1. The number of nitrogens with one attached hydrogen (secondary N) is 2. The minimum Gasteiger partial charge on any atom is -0.481 e. The Morgan fingerprint density at radius 3 is 2.43 bits per heavy atom. The van der Waals surface area contributed by atoms with E-state index in [-0.39, 0.29) is 12.1 Å². The zero-order valence-electron chi connectivity index (χ0n) is 12.3. The molecular weight excluding hydrogens is 268 g/mol. The largest absolute Gasteiger partial charge is 0.481 e. The quantitative estimate of drug-likeness (QED) is 0.748. The third-order valence-electron chi connectivity index (χ3n) is 3.96. The maximum atomic E-state index is 12.0. The molecule has 0 radical (unpaired) electrons. The highest BCUT2D eigenvalue weighted by atomic mass is 16.4. The number of rotatable bonds is 3. The van der Waals surface area contributed by atoms with E-state index >= 15 is 0 Å². The number of hydrogen-bond acceptors (Lipinski definition) is 2. The van der Waals surface area contributed by atoms with Gasteiger partial charge in [-0.25, -0.2) is 4.79 Å². The first kappa shape index (κ1) is 15.4. The van der Waals surface area contributed by atoms with Crippen molar-refractivity contribution in [2.75, 3.05) is 5.32 Å². The van der Waals surface area contributed by atoms with E-state index in [1.165, 1.54) is 0 Å². The van der Waals surface area contributed by atoms with Crippen LogP contribution in [0, 0.1) is 12.8 Å². The minimum absolute atomic E-state index is 0.296. The van der Waals surface area contributed by atoms with Gasteiger partial charge in [0, 0.05) is 11.7 Å². The van der Waals surface area contributed by atoms with E-state index in [0.717, 1.165) is 31.2 Å². The fourth-order valence-corrected chi connectivity index (χ4v) is 2.75. The summed E-state index contributed by atoms with van der Waals surface area (Å²) in [6, 6.07) is 6.86. The zero-order chi connectivity index (χ0) is 15.2. The molecule has 0 heterocycles. The topological polar surface area (TPSA) is 78.4 Å². The highest BCUT2D eigenvalue weighted by molar-refractivity contribution is 5.89. The summed E-state index contributed by atoms with van der Waals surface area (Å²) in [5, 5.41) is 14.9. The Kier molecular flexibility index (Phi) is 5.20. The summed E-state index contributed by atoms with van der Waals surface area (Å²) < 4.78 is 0. The molecule has 0 aromatic heterocycles. The van der Waals surface area contributed by atoms with E-state index in [4.69, 9.17) is 0 Å². The van der Waals surface area contributed by atoms with Gasteiger partial charge in [0.2, 0.25) is 0 Å². The molecule has 21 heavy (non-hydrogen) atoms. The van der Waals surface area contributed by atoms with Crippen molar-refractivity contribution in [3.05, 3.63) is 29.8 Å². The molecule has 2 unspecified atom stereocenters. The molecule has 5 heteroatoms. The summed E-state index contributed by atoms with van der Waals surface area (Å²) in [5.74, 6) is -1.31. The lowest BCUT2D eigenvalue weighted by atomic mass is 9.95. The van der Waals surface area contributed by atoms with E-state index < -0.39 is 11.9 Å². The number of anilines is 1. The predicted molar refractivity (Wildman–Crippen MR) is 81.3 cm³/mol. The summed E-state index contributed by atoms with van der Waals surface area (Å²) in [4.78, 5) is 23.4. The predicted octanol–water partition coefficient (Wildman–Crippen LogP) is 3.15. The van der Waals surface area contributed by atoms with Crippen LogP contribution in [-0.4, -0.2) is 23.1 Å². The molecule has 1 fully saturated rings. The van der Waals surface area contributed by atoms with Gasteiger partial charge in [0.15, 0.2) is 0 Å². The Bertz CT molecular complexity index is 499. The van der Waals surface area contributed by atoms with E-state index in [2.05, 4.69) is 10.6 Å². The molecule has 2 amide bonds. The van der Waals surface area contributed by atoms with Crippen molar-refractivity contribution in [3.63, 3.8) is 0 Å². The van der Waals surface area contributed by atoms with E-state index in [9.17, 15) is 14.7 Å². The normalized spacial score (nSPS) is 22.1. The van der Waals surface area contributed by atoms with E-state index in [1.54, 1.807) is 0 Å². The fraction of sp³-hybridized carbons (Fsp3) is 0.500. The number of aryl methyl sites for hydroxylation is 1. The van der Waals surface area contributed by atoms with Gasteiger partial charge in [-0.15, -0.1) is 0 Å². The standard InChI is InChI=1S/C16H22N2O3/c1-11-7-9-12(10-8-11)17-16(21)18-14-6-4-2-3-5-13(14)15(19)20/h7-10,13-14H,2-6H2,1H3,(H,19,20)(H2,17,18,21). The van der Waals surface area contributed by atoms with Crippen LogP contribution < -0.4 is 10.6 Å².